The van der Waals surface area contributed by atoms with Crippen LogP contribution >= 0.6 is 0 Å². The van der Waals surface area contributed by atoms with Crippen molar-refractivity contribution in [2.24, 2.45) is 5.73 Å². The highest BCUT2D eigenvalue weighted by atomic mass is 19.4. The lowest BCUT2D eigenvalue weighted by molar-refractivity contribution is -0.186. The van der Waals surface area contributed by atoms with Crippen molar-refractivity contribution in [1.82, 2.24) is 0 Å². The summed E-state index contributed by atoms with van der Waals surface area (Å²) in [6.45, 7) is -0.0185. The molecule has 0 saturated carbocycles. The summed E-state index contributed by atoms with van der Waals surface area (Å²) in [5, 5.41) is 0. The summed E-state index contributed by atoms with van der Waals surface area (Å²) in [6.07, 6.45) is -4.34. The Balaban J connectivity index is 2.47. The number of benzene rings is 1. The van der Waals surface area contributed by atoms with Gasteiger partial charge in [-0.15, -0.1) is 0 Å². The van der Waals surface area contributed by atoms with E-state index in [1.165, 1.54) is 0 Å². The van der Waals surface area contributed by atoms with Crippen LogP contribution in [0.25, 0.3) is 0 Å². The molecule has 0 fully saturated rings. The van der Waals surface area contributed by atoms with Crippen molar-refractivity contribution in [2.75, 3.05) is 13.4 Å². The van der Waals surface area contributed by atoms with Crippen molar-refractivity contribution >= 4 is 0 Å². The maximum atomic E-state index is 11.8. The lowest BCUT2D eigenvalue weighted by atomic mass is 10.1. The molecule has 2 N–H and O–H groups in total. The van der Waals surface area contributed by atoms with Crippen LogP contribution in [-0.4, -0.2) is 19.6 Å². The summed E-state index contributed by atoms with van der Waals surface area (Å²) in [5.74, 6) is 0.435. The second-order valence-electron chi connectivity index (χ2n) is 3.55. The van der Waals surface area contributed by atoms with Gasteiger partial charge in [-0.1, -0.05) is 18.2 Å². The minimum atomic E-state index is -4.34. The molecule has 0 aromatic heterocycles. The Hall–Kier alpha value is -1.27. The van der Waals surface area contributed by atoms with Crippen LogP contribution in [0.1, 0.15) is 18.5 Å². The van der Waals surface area contributed by atoms with Gasteiger partial charge in [-0.05, 0) is 13.0 Å². The fraction of sp³-hybridized carbons (Fsp3) is 0.455. The van der Waals surface area contributed by atoms with Gasteiger partial charge in [0.1, 0.15) is 12.4 Å². The van der Waals surface area contributed by atoms with Gasteiger partial charge in [0.05, 0.1) is 0 Å². The quantitative estimate of drug-likeness (QED) is 0.644. The van der Waals surface area contributed by atoms with E-state index < -0.39 is 19.6 Å². The van der Waals surface area contributed by atoms with Gasteiger partial charge < -0.3 is 15.2 Å². The van der Waals surface area contributed by atoms with Crippen molar-refractivity contribution in [3.63, 3.8) is 0 Å². The topological polar surface area (TPSA) is 44.5 Å². The van der Waals surface area contributed by atoms with Crippen molar-refractivity contribution in [3.05, 3.63) is 29.8 Å². The molecular formula is C11H14F3NO2. The summed E-state index contributed by atoms with van der Waals surface area (Å²) in [5.41, 5.74) is 6.41. The van der Waals surface area contributed by atoms with E-state index in [0.29, 0.717) is 5.75 Å². The van der Waals surface area contributed by atoms with Crippen LogP contribution in [0.2, 0.25) is 0 Å². The Kier molecular flexibility index (Phi) is 4.77. The monoisotopic (exact) mass is 249 g/mol. The second kappa shape index (κ2) is 5.88. The smallest absolute Gasteiger partial charge is 0.411 e. The highest BCUT2D eigenvalue weighted by Gasteiger charge is 2.27. The molecule has 1 atom stereocenters. The van der Waals surface area contributed by atoms with Gasteiger partial charge >= 0.3 is 6.18 Å². The molecule has 0 spiro atoms. The molecule has 1 aromatic carbocycles. The molecule has 1 aromatic rings. The predicted octanol–water partition coefficient (Wildman–Crippen LogP) is 2.62. The highest BCUT2D eigenvalue weighted by molar-refractivity contribution is 5.35. The van der Waals surface area contributed by atoms with E-state index >= 15 is 0 Å². The van der Waals surface area contributed by atoms with Crippen LogP contribution in [0.3, 0.4) is 0 Å². The van der Waals surface area contributed by atoms with E-state index in [1.807, 2.05) is 0 Å². The third kappa shape index (κ3) is 5.06. The second-order valence-corrected chi connectivity index (χ2v) is 3.55. The molecule has 0 radical (unpaired) electrons. The number of rotatable bonds is 5. The minimum absolute atomic E-state index is 0.256. The van der Waals surface area contributed by atoms with E-state index in [0.717, 1.165) is 5.56 Å². The van der Waals surface area contributed by atoms with Gasteiger partial charge in [-0.25, -0.2) is 0 Å². The number of halogens is 3. The zero-order chi connectivity index (χ0) is 12.9. The number of hydrogen-bond donors (Lipinski definition) is 1. The van der Waals surface area contributed by atoms with Crippen LogP contribution < -0.4 is 10.5 Å². The Morgan fingerprint density at radius 2 is 1.94 bits per heavy atom. The molecule has 0 aliphatic carbocycles. The molecule has 6 heteroatoms. The summed E-state index contributed by atoms with van der Waals surface area (Å²) in [4.78, 5) is 0. The first-order valence-corrected chi connectivity index (χ1v) is 5.02. The van der Waals surface area contributed by atoms with E-state index in [9.17, 15) is 13.2 Å². The summed E-state index contributed by atoms with van der Waals surface area (Å²) < 4.78 is 44.8. The molecule has 0 saturated heterocycles. The predicted molar refractivity (Wildman–Crippen MR) is 56.5 cm³/mol. The maximum Gasteiger partial charge on any atom is 0.411 e. The number of hydrogen-bond acceptors (Lipinski definition) is 3. The van der Waals surface area contributed by atoms with E-state index in [-0.39, 0.29) is 6.04 Å². The van der Waals surface area contributed by atoms with Crippen LogP contribution in [-0.2, 0) is 4.74 Å². The van der Waals surface area contributed by atoms with Crippen molar-refractivity contribution in [1.29, 1.82) is 0 Å². The molecule has 3 nitrogen and oxygen atoms in total. The zero-order valence-corrected chi connectivity index (χ0v) is 9.33. The highest BCUT2D eigenvalue weighted by Crippen LogP contribution is 2.23. The lowest BCUT2D eigenvalue weighted by Gasteiger charge is -2.14. The molecule has 0 heterocycles. The van der Waals surface area contributed by atoms with Crippen LogP contribution in [0.15, 0.2) is 24.3 Å². The Morgan fingerprint density at radius 3 is 2.53 bits per heavy atom. The van der Waals surface area contributed by atoms with Gasteiger partial charge in [0.25, 0.3) is 0 Å². The molecule has 1 rings (SSSR count). The van der Waals surface area contributed by atoms with Crippen LogP contribution in [0.4, 0.5) is 13.2 Å². The molecule has 0 aliphatic rings. The number of alkyl halides is 3. The first-order chi connectivity index (χ1) is 7.90. The summed E-state index contributed by atoms with van der Waals surface area (Å²) in [7, 11) is 0. The molecule has 96 valence electrons. The average Bonchev–Trinajstić information content (AvgIpc) is 2.23. The van der Waals surface area contributed by atoms with E-state index in [2.05, 4.69) is 4.74 Å². The molecule has 17 heavy (non-hydrogen) atoms. The largest absolute Gasteiger partial charge is 0.467 e. The van der Waals surface area contributed by atoms with E-state index in [1.54, 1.807) is 31.2 Å². The number of para-hydroxylation sites is 1. The summed E-state index contributed by atoms with van der Waals surface area (Å²) in [6, 6.07) is 6.63. The summed E-state index contributed by atoms with van der Waals surface area (Å²) >= 11 is 0. The number of ether oxygens (including phenoxy) is 2. The van der Waals surface area contributed by atoms with Gasteiger partial charge in [-0.2, -0.15) is 13.2 Å². The van der Waals surface area contributed by atoms with Crippen molar-refractivity contribution in [3.8, 4) is 5.75 Å². The average molecular weight is 249 g/mol. The van der Waals surface area contributed by atoms with Gasteiger partial charge in [0.15, 0.2) is 6.79 Å². The Morgan fingerprint density at radius 1 is 1.29 bits per heavy atom. The van der Waals surface area contributed by atoms with Crippen LogP contribution in [0, 0.1) is 0 Å². The van der Waals surface area contributed by atoms with E-state index in [4.69, 9.17) is 10.5 Å². The Labute approximate surface area is 97.3 Å². The molecule has 0 bridgehead atoms. The molecular weight excluding hydrogens is 235 g/mol. The first-order valence-electron chi connectivity index (χ1n) is 5.02. The van der Waals surface area contributed by atoms with Crippen molar-refractivity contribution in [2.45, 2.75) is 19.1 Å². The molecule has 0 aliphatic heterocycles. The normalized spacial score (nSPS) is 13.5. The number of nitrogens with two attached hydrogens (primary N) is 1. The molecule has 0 amide bonds. The van der Waals surface area contributed by atoms with Crippen LogP contribution in [0.5, 0.6) is 5.75 Å². The zero-order valence-electron chi connectivity index (χ0n) is 9.33. The van der Waals surface area contributed by atoms with Crippen molar-refractivity contribution < 1.29 is 22.6 Å². The minimum Gasteiger partial charge on any atom is -0.467 e. The van der Waals surface area contributed by atoms with Gasteiger partial charge in [-0.3, -0.25) is 0 Å². The fourth-order valence-corrected chi connectivity index (χ4v) is 1.25. The third-order valence-corrected chi connectivity index (χ3v) is 1.97. The standard InChI is InChI=1S/C11H14F3NO2/c1-8(15)9-4-2-3-5-10(9)17-7-16-6-11(12,13)14/h2-5,8H,6-7,15H2,1H3. The maximum absolute atomic E-state index is 11.8. The Bertz CT molecular complexity index is 353. The first kappa shape index (κ1) is 13.8. The third-order valence-electron chi connectivity index (χ3n) is 1.97. The fourth-order valence-electron chi connectivity index (χ4n) is 1.25. The SMILES string of the molecule is CC(N)c1ccccc1OCOCC(F)(F)F. The van der Waals surface area contributed by atoms with Gasteiger partial charge in [0.2, 0.25) is 0 Å². The lowest BCUT2D eigenvalue weighted by Crippen LogP contribution is -2.19. The van der Waals surface area contributed by atoms with Gasteiger partial charge in [0, 0.05) is 11.6 Å². The molecule has 1 unspecified atom stereocenters.